The third kappa shape index (κ3) is 33.3. The first-order valence-electron chi connectivity index (χ1n) is 43.4. The number of carbonyl (C=O) groups excluding carboxylic acids is 8. The number of carbonyl (C=O) groups is 8. The number of aliphatic imine (C=N–C) groups is 3. The van der Waals surface area contributed by atoms with E-state index in [0.717, 1.165) is 155 Å². The molecule has 29 nitrogen and oxygen atoms in total. The van der Waals surface area contributed by atoms with Crippen molar-refractivity contribution in [1.29, 1.82) is 0 Å². The number of anilines is 3. The molecule has 0 bridgehead atoms. The number of aryl methyl sites for hydroxylation is 1. The van der Waals surface area contributed by atoms with Gasteiger partial charge in [-0.2, -0.15) is 4.57 Å². The van der Waals surface area contributed by atoms with E-state index in [0.29, 0.717) is 57.2 Å². The van der Waals surface area contributed by atoms with E-state index < -0.39 is 83.5 Å². The van der Waals surface area contributed by atoms with E-state index in [2.05, 4.69) is 151 Å². The van der Waals surface area contributed by atoms with Crippen LogP contribution in [0, 0.1) is 23.7 Å². The van der Waals surface area contributed by atoms with Gasteiger partial charge in [-0.25, -0.2) is 0 Å². The second-order valence-corrected chi connectivity index (χ2v) is 34.2. The summed E-state index contributed by atoms with van der Waals surface area (Å²) in [6.07, 6.45) is 24.2. The topological polar surface area (TPSA) is 448 Å². The van der Waals surface area contributed by atoms with Gasteiger partial charge in [-0.15, -0.1) is 23.2 Å². The van der Waals surface area contributed by atoms with Crippen molar-refractivity contribution in [1.82, 2.24) is 42.5 Å². The van der Waals surface area contributed by atoms with Crippen molar-refractivity contribution in [2.45, 2.75) is 247 Å². The highest BCUT2D eigenvalue weighted by Gasteiger charge is 2.37. The summed E-state index contributed by atoms with van der Waals surface area (Å²) >= 11 is 13.8. The zero-order valence-electron chi connectivity index (χ0n) is 70.0. The number of para-hydroxylation sites is 2. The molecule has 4 unspecified atom stereocenters. The number of alkyl halides is 2. The molecular weight excluding hydrogens is 1570 g/mol. The Balaban J connectivity index is 0.924. The summed E-state index contributed by atoms with van der Waals surface area (Å²) in [5.74, 6) is -4.15. The Hall–Kier alpha value is -9.29. The van der Waals surface area contributed by atoms with Crippen molar-refractivity contribution >= 4 is 134 Å². The molecule has 32 heteroatoms. The summed E-state index contributed by atoms with van der Waals surface area (Å²) in [4.78, 5) is 135. The van der Waals surface area contributed by atoms with E-state index in [-0.39, 0.29) is 126 Å². The molecule has 1 aliphatic heterocycles. The SMILES string of the molecule is CC(NC(=O)[C@H](CCCN=C(N)N)NC(=O)C(CC1CCCCC1)NC(=O)[C@H](CCCN=C(N)N)NC(=O)C(CC1CCCCC1)NC(=O)[C@H](CCCN=C(N)N)NC(=O)C(CNC(=O)CCCCC[n+]1ccc(/C=C2/Sc3ccccc3N2C)c2ccccc21)CC1CCCCC1)C(=O)NCCCCNc1ccc(N(CCCl)CCCl)cc1. The van der Waals surface area contributed by atoms with Crippen molar-refractivity contribution in [2.24, 2.45) is 73.1 Å². The van der Waals surface area contributed by atoms with Crippen LogP contribution < -0.4 is 96.6 Å². The molecule has 21 N–H and O–H groups in total. The van der Waals surface area contributed by atoms with Gasteiger partial charge in [0.15, 0.2) is 24.1 Å². The predicted octanol–water partition coefficient (Wildman–Crippen LogP) is 8.25. The van der Waals surface area contributed by atoms with Crippen molar-refractivity contribution in [3.8, 4) is 0 Å². The average molecular weight is 1710 g/mol. The Labute approximate surface area is 717 Å². The maximum Gasteiger partial charge on any atom is 0.243 e. The van der Waals surface area contributed by atoms with Gasteiger partial charge in [-0.05, 0) is 162 Å². The summed E-state index contributed by atoms with van der Waals surface area (Å²) in [5.41, 5.74) is 39.8. The Morgan fingerprint density at radius 2 is 1.00 bits per heavy atom. The van der Waals surface area contributed by atoms with Crippen LogP contribution >= 0.6 is 35.0 Å². The maximum absolute atomic E-state index is 15.3. The number of nitrogens with zero attached hydrogens (tertiary/aromatic N) is 6. The third-order valence-corrected chi connectivity index (χ3v) is 24.6. The van der Waals surface area contributed by atoms with Crippen molar-refractivity contribution in [2.75, 3.05) is 86.3 Å². The van der Waals surface area contributed by atoms with Crippen LogP contribution in [-0.4, -0.2) is 173 Å². The first kappa shape index (κ1) is 95.2. The molecule has 8 rings (SSSR count). The smallest absolute Gasteiger partial charge is 0.243 e. The molecular formula is C87H134Cl2N21O8S+. The number of guanidine groups is 3. The van der Waals surface area contributed by atoms with Crippen molar-refractivity contribution < 1.29 is 42.9 Å². The van der Waals surface area contributed by atoms with Gasteiger partial charge in [0, 0.05) is 112 Å². The van der Waals surface area contributed by atoms with Crippen LogP contribution in [0.15, 0.2) is 110 Å². The lowest BCUT2D eigenvalue weighted by Crippen LogP contribution is -2.60. The Morgan fingerprint density at radius 3 is 1.53 bits per heavy atom. The van der Waals surface area contributed by atoms with E-state index in [1.807, 2.05) is 24.3 Å². The van der Waals surface area contributed by atoms with E-state index in [1.54, 1.807) is 18.7 Å². The van der Waals surface area contributed by atoms with Crippen LogP contribution in [0.2, 0.25) is 0 Å². The average Bonchev–Trinajstić information content (AvgIpc) is 1.73. The summed E-state index contributed by atoms with van der Waals surface area (Å²) in [5, 5.41) is 29.5. The normalized spacial score (nSPS) is 16.5. The van der Waals surface area contributed by atoms with Crippen molar-refractivity contribution in [3.05, 3.63) is 95.7 Å². The van der Waals surface area contributed by atoms with Crippen LogP contribution in [-0.2, 0) is 44.9 Å². The number of benzene rings is 3. The molecule has 7 atom stereocenters. The first-order chi connectivity index (χ1) is 57.5. The molecule has 3 aliphatic carbocycles. The number of thioether (sulfide) groups is 1. The van der Waals surface area contributed by atoms with Crippen LogP contribution in [0.3, 0.4) is 0 Å². The molecule has 0 spiro atoms. The number of hydrogen-bond donors (Lipinski definition) is 15. The van der Waals surface area contributed by atoms with Crippen LogP contribution in [0.4, 0.5) is 17.1 Å². The summed E-state index contributed by atoms with van der Waals surface area (Å²) < 4.78 is 2.27. The van der Waals surface area contributed by atoms with E-state index in [9.17, 15) is 19.2 Å². The number of aromatic nitrogens is 1. The summed E-state index contributed by atoms with van der Waals surface area (Å²) in [6.45, 7) is 5.14. The molecule has 3 aromatic carbocycles. The molecule has 4 aliphatic rings. The zero-order valence-corrected chi connectivity index (χ0v) is 72.3. The zero-order chi connectivity index (χ0) is 85.3. The lowest BCUT2D eigenvalue weighted by atomic mass is 9.82. The number of pyridine rings is 1. The highest BCUT2D eigenvalue weighted by Crippen LogP contribution is 2.46. The lowest BCUT2D eigenvalue weighted by molar-refractivity contribution is -0.671. The number of rotatable bonds is 51. The van der Waals surface area contributed by atoms with Crippen LogP contribution in [0.25, 0.3) is 17.0 Å². The molecule has 3 fully saturated rings. The number of unbranched alkanes of at least 4 members (excludes halogenated alkanes) is 3. The minimum absolute atomic E-state index is 0.00455. The quantitative estimate of drug-likeness (QED) is 0.00650. The predicted molar refractivity (Wildman–Crippen MR) is 479 cm³/mol. The Morgan fingerprint density at radius 1 is 0.521 bits per heavy atom. The highest BCUT2D eigenvalue weighted by atomic mass is 35.5. The number of nitrogens with two attached hydrogens (primary N) is 6. The van der Waals surface area contributed by atoms with E-state index in [4.69, 9.17) is 57.6 Å². The minimum atomic E-state index is -1.30. The largest absolute Gasteiger partial charge is 0.385 e. The van der Waals surface area contributed by atoms with Crippen LogP contribution in [0.5, 0.6) is 0 Å². The molecule has 1 aromatic heterocycles. The second-order valence-electron chi connectivity index (χ2n) is 32.3. The number of fused-ring (bicyclic) bond motifs is 2. The fraction of sp³-hybridized carbons (Fsp3) is 0.609. The first-order valence-corrected chi connectivity index (χ1v) is 45.3. The number of hydrogen-bond acceptors (Lipinski definition) is 15. The molecule has 119 heavy (non-hydrogen) atoms. The van der Waals surface area contributed by atoms with Gasteiger partial charge in [0.05, 0.1) is 22.0 Å². The minimum Gasteiger partial charge on any atom is -0.385 e. The highest BCUT2D eigenvalue weighted by molar-refractivity contribution is 8.03. The third-order valence-electron chi connectivity index (χ3n) is 23.1. The fourth-order valence-corrected chi connectivity index (χ4v) is 18.0. The molecule has 0 radical (unpaired) electrons. The van der Waals surface area contributed by atoms with E-state index in [1.165, 1.54) is 10.6 Å². The number of amides is 8. The van der Waals surface area contributed by atoms with Gasteiger partial charge in [-0.1, -0.05) is 132 Å². The molecule has 4 aromatic rings. The van der Waals surface area contributed by atoms with Gasteiger partial charge in [0.25, 0.3) is 0 Å². The molecule has 0 saturated heterocycles. The summed E-state index contributed by atoms with van der Waals surface area (Å²) in [6, 6.07) is 20.0. The summed E-state index contributed by atoms with van der Waals surface area (Å²) in [7, 11) is 2.10. The van der Waals surface area contributed by atoms with Crippen LogP contribution in [0.1, 0.15) is 205 Å². The number of halogens is 2. The Kier molecular flexibility index (Phi) is 41.6. The standard InChI is InChI=1S/C87H133Cl2N21O8S/c1-59(78(112)97-46-19-18-45-96-65-38-40-66(41-39-65)109(52-43-88)53-44-89)102-80(114)68(31-21-47-98-85(90)91)104-83(117)71(55-61-26-9-4-10-27-61)107-82(116)70(33-23-49-100-87(94)95)105-84(118)72(56-62-28-11-5-12-29-62)106-81(115)69(32-22-48-99-86(92)93)103-79(113)64(54-60-24-7-3-8-25-60)58-101-76(111)37-13-6-20-50-110-51-42-63(67-30-14-15-34-73(67)110)57-77-108(2)74-35-16-17-36-75(74)119-77/h14-17,30,34-36,38-42,51,57,59-62,64,68-72,96H,3-13,18-29,31-33,37,43-50,52-56,58H2,1-2H3,(H19-,90,91,92,93,94,95,97,98,99,100,101,102,103,104,105,106,107,111,112,113,114,115,116,117,118)/p+1/t59?,64?,68-,69-,70-,71?,72?/m0/s1. The number of nitrogens with one attached hydrogen (secondary N) is 9. The molecule has 654 valence electrons. The maximum atomic E-state index is 15.3. The van der Waals surface area contributed by atoms with Gasteiger partial charge >= 0.3 is 0 Å². The van der Waals surface area contributed by atoms with Gasteiger partial charge in [0.1, 0.15) is 42.8 Å². The molecule has 8 amide bonds. The van der Waals surface area contributed by atoms with Gasteiger partial charge in [-0.3, -0.25) is 53.3 Å². The van der Waals surface area contributed by atoms with Gasteiger partial charge < -0.3 is 92.1 Å². The monoisotopic (exact) mass is 1700 g/mol. The second kappa shape index (κ2) is 52.0. The fourth-order valence-electron chi connectivity index (χ4n) is 16.4. The van der Waals surface area contributed by atoms with Crippen molar-refractivity contribution in [3.63, 3.8) is 0 Å². The molecule has 2 heterocycles. The lowest BCUT2D eigenvalue weighted by Gasteiger charge is -2.31. The Bertz CT molecular complexity index is 3990. The molecule has 3 saturated carbocycles. The van der Waals surface area contributed by atoms with Gasteiger partial charge in [0.2, 0.25) is 52.8 Å². The van der Waals surface area contributed by atoms with E-state index >= 15 is 19.2 Å².